The number of unbranched alkanes of at least 4 members (excludes halogenated alkanes) is 5. The van der Waals surface area contributed by atoms with Crippen LogP contribution in [0.3, 0.4) is 0 Å². The van der Waals surface area contributed by atoms with Crippen LogP contribution in [0.15, 0.2) is 144 Å². The molecule has 4 unspecified atom stereocenters. The number of carbonyl (C=O) groups is 3. The standard InChI is InChI=1S/C69H90N7O25P3S2/c1-7-38-93-48-97-59-43-64(99-60(59)45-98-103(84,85)101-104(86,87)100-102(81,82)83)76-44-50(66(70)73-67(76)80)24-22-35-72-63(79)46-96-65(94-39-8-2)47-95-52-26-21-23-49(41-52)58(78)29-14-11-9-10-13-25-51(77)34-37-75-57-33-32-53(106(71,91)92)42-55(57)69(5,6)62(75)31-16-12-15-30-61-68(3,4)54-27-17-18-28-56(54)74(61)36-19-20-40-105(88,89)90/h7-8,12,15-18,21,23,26-28,30-33,41-42,44,59-60,64-65H,1-2,9-11,13-14,19-20,25,29,34-40,43,45-48H2,3-6H3,(H9-,70,71,72,73,79,80,81,82,83,84,85,86,87,88,89,90,91,92)/p+1/t59?,60-,64-,65?/m1/s1. The van der Waals surface area contributed by atoms with Gasteiger partial charge in [-0.15, -0.1) is 13.2 Å². The Morgan fingerprint density at radius 1 is 0.849 bits per heavy atom. The number of carbonyl (C=O) groups excluding carboxylic acids is 3. The maximum atomic E-state index is 13.5. The highest BCUT2D eigenvalue weighted by atomic mass is 32.2. The molecule has 0 aliphatic carbocycles. The number of rotatable bonds is 44. The third-order valence-electron chi connectivity index (χ3n) is 17.1. The van der Waals surface area contributed by atoms with Crippen LogP contribution >= 0.6 is 23.5 Å². The molecule has 3 aliphatic heterocycles. The van der Waals surface area contributed by atoms with Gasteiger partial charge in [0.15, 0.2) is 17.8 Å². The number of ketones is 2. The number of nitrogens with zero attached hydrogens (tertiary/aromatic N) is 4. The minimum Gasteiger partial charge on any atom is -0.488 e. The van der Waals surface area contributed by atoms with Crippen LogP contribution in [-0.2, 0) is 91.1 Å². The Labute approximate surface area is 615 Å². The van der Waals surface area contributed by atoms with E-state index in [9.17, 15) is 64.0 Å². The first kappa shape index (κ1) is 86.0. The van der Waals surface area contributed by atoms with E-state index >= 15 is 0 Å². The van der Waals surface area contributed by atoms with Crippen LogP contribution in [0.1, 0.15) is 132 Å². The van der Waals surface area contributed by atoms with Crippen LogP contribution in [0.4, 0.5) is 17.2 Å². The SMILES string of the molecule is C=CCOCOC1C[C@H](n2cc(C#CCNC(=O)COC(COc3cccc(C(=O)CCCCCCCC(=O)CCN4\C(=C/C=C/C=C/C5=[N+](CCCCS(=O)(=O)O)c6ccccc6C5(C)C)C(C)(C)c5cc(S(N)(=O)=O)ccc54)c3)OCC=C)c(N)nc2=O)O[C@@H]1COP(=O)(O)OP(=O)(O)OP(=O)(O)O. The number of anilines is 2. The molecule has 0 bridgehead atoms. The second-order valence-corrected chi connectivity index (χ2v) is 33.2. The molecule has 578 valence electrons. The lowest BCUT2D eigenvalue weighted by atomic mass is 9.81. The number of nitrogens with two attached hydrogens (primary N) is 2. The van der Waals surface area contributed by atoms with E-state index in [1.54, 1.807) is 36.4 Å². The third-order valence-corrected chi connectivity index (χ3v) is 22.6. The summed E-state index contributed by atoms with van der Waals surface area (Å²) in [6, 6.07) is 19.5. The van der Waals surface area contributed by atoms with Crippen LogP contribution in [0.5, 0.6) is 5.75 Å². The summed E-state index contributed by atoms with van der Waals surface area (Å²) >= 11 is 0. The summed E-state index contributed by atoms with van der Waals surface area (Å²) in [5, 5.41) is 8.14. The monoisotopic (exact) mass is 1570 g/mol. The van der Waals surface area contributed by atoms with Gasteiger partial charge in [0.2, 0.25) is 21.6 Å². The molecule has 6 atom stereocenters. The Kier molecular flexibility index (Phi) is 31.4. The van der Waals surface area contributed by atoms with Crippen molar-refractivity contribution >= 4 is 84.0 Å². The van der Waals surface area contributed by atoms with Crippen molar-refractivity contribution in [2.75, 3.05) is 75.8 Å². The number of phosphoric ester groups is 1. The topological polar surface area (TPSA) is 460 Å². The molecule has 1 saturated heterocycles. The summed E-state index contributed by atoms with van der Waals surface area (Å²) in [5.41, 5.74) is 10.1. The van der Waals surface area contributed by atoms with Crippen molar-refractivity contribution in [2.24, 2.45) is 5.14 Å². The Morgan fingerprint density at radius 3 is 2.29 bits per heavy atom. The zero-order chi connectivity index (χ0) is 77.7. The molecule has 106 heavy (non-hydrogen) atoms. The number of nitrogen functional groups attached to an aromatic ring is 1. The first-order valence-electron chi connectivity index (χ1n) is 33.6. The number of para-hydroxylation sites is 1. The van der Waals surface area contributed by atoms with Crippen molar-refractivity contribution in [3.63, 3.8) is 0 Å². The van der Waals surface area contributed by atoms with Gasteiger partial charge in [0.05, 0.1) is 54.1 Å². The highest BCUT2D eigenvalue weighted by molar-refractivity contribution is 7.89. The van der Waals surface area contributed by atoms with Gasteiger partial charge >= 0.3 is 29.2 Å². The van der Waals surface area contributed by atoms with Crippen molar-refractivity contribution < 1.29 is 115 Å². The van der Waals surface area contributed by atoms with E-state index in [0.717, 1.165) is 57.7 Å². The molecule has 10 N–H and O–H groups in total. The van der Waals surface area contributed by atoms with Crippen LogP contribution < -0.4 is 31.5 Å². The van der Waals surface area contributed by atoms with Crippen molar-refractivity contribution in [1.29, 1.82) is 0 Å². The maximum Gasteiger partial charge on any atom is 0.490 e. The minimum atomic E-state index is -5.84. The lowest BCUT2D eigenvalue weighted by molar-refractivity contribution is -0.438. The predicted molar refractivity (Wildman–Crippen MR) is 391 cm³/mol. The first-order valence-corrected chi connectivity index (χ1v) is 41.3. The molecule has 0 radical (unpaired) electrons. The Balaban J connectivity index is 0.847. The van der Waals surface area contributed by atoms with E-state index in [4.69, 9.17) is 53.6 Å². The molecule has 0 spiro atoms. The Bertz CT molecular complexity index is 4490. The summed E-state index contributed by atoms with van der Waals surface area (Å²) in [6.45, 7) is 14.2. The number of primary sulfonamides is 1. The van der Waals surface area contributed by atoms with Gasteiger partial charge in [0, 0.05) is 84.9 Å². The molecule has 1 fully saturated rings. The smallest absolute Gasteiger partial charge is 0.488 e. The zero-order valence-corrected chi connectivity index (χ0v) is 63.4. The first-order chi connectivity index (χ1) is 49.9. The van der Waals surface area contributed by atoms with E-state index in [1.807, 2.05) is 62.4 Å². The number of allylic oxidation sites excluding steroid dienone is 6. The summed E-state index contributed by atoms with van der Waals surface area (Å²) in [7, 11) is -25.2. The highest BCUT2D eigenvalue weighted by Crippen LogP contribution is 2.66. The minimum absolute atomic E-state index is 0.00837. The summed E-state index contributed by atoms with van der Waals surface area (Å²) in [6.07, 6.45) is 14.4. The van der Waals surface area contributed by atoms with E-state index in [-0.39, 0.29) is 91.4 Å². The molecule has 7 rings (SSSR count). The van der Waals surface area contributed by atoms with Crippen LogP contribution in [0.25, 0.3) is 0 Å². The van der Waals surface area contributed by atoms with E-state index in [2.05, 4.69) is 73.3 Å². The van der Waals surface area contributed by atoms with Gasteiger partial charge in [0.1, 0.15) is 56.2 Å². The number of aromatic nitrogens is 2. The van der Waals surface area contributed by atoms with Crippen LogP contribution in [0, 0.1) is 11.8 Å². The van der Waals surface area contributed by atoms with Crippen molar-refractivity contribution in [1.82, 2.24) is 14.9 Å². The number of fused-ring (bicyclic) bond motifs is 2. The second kappa shape index (κ2) is 38.7. The molecular weight excluding hydrogens is 1480 g/mol. The van der Waals surface area contributed by atoms with Crippen LogP contribution in [-0.4, -0.2) is 162 Å². The third kappa shape index (κ3) is 26.0. The summed E-state index contributed by atoms with van der Waals surface area (Å²) in [4.78, 5) is 95.9. The van der Waals surface area contributed by atoms with Crippen molar-refractivity contribution in [3.8, 4) is 17.6 Å². The Morgan fingerprint density at radius 2 is 1.58 bits per heavy atom. The number of ether oxygens (including phenoxy) is 6. The largest absolute Gasteiger partial charge is 0.490 e. The van der Waals surface area contributed by atoms with Gasteiger partial charge in [0.25, 0.3) is 10.1 Å². The zero-order valence-electron chi connectivity index (χ0n) is 59.0. The lowest BCUT2D eigenvalue weighted by Gasteiger charge is -2.27. The van der Waals surface area contributed by atoms with Crippen LogP contribution in [0.2, 0.25) is 0 Å². The molecular formula is C69H91N7O25P3S2+. The second-order valence-electron chi connectivity index (χ2n) is 25.7. The molecule has 32 nitrogen and oxygen atoms in total. The normalized spacial score (nSPS) is 18.8. The molecule has 4 aromatic rings. The molecule has 1 aromatic heterocycles. The fraction of sp³-hybridized carbons (Fsp3) is 0.449. The molecule has 3 aliphatic rings. The summed E-state index contributed by atoms with van der Waals surface area (Å²) in [5.74, 6) is 4.50. The van der Waals surface area contributed by atoms with Gasteiger partial charge in [-0.1, -0.05) is 106 Å². The van der Waals surface area contributed by atoms with E-state index in [1.165, 1.54) is 24.4 Å². The molecule has 37 heteroatoms. The summed E-state index contributed by atoms with van der Waals surface area (Å²) < 4.78 is 142. The number of amides is 1. The number of phosphoric acid groups is 3. The Hall–Kier alpha value is -7.29. The average molecular weight is 1580 g/mol. The molecule has 1 amide bonds. The average Bonchev–Trinajstić information content (AvgIpc) is 1.59. The number of hydrogen-bond donors (Lipinski definition) is 8. The van der Waals surface area contributed by atoms with Gasteiger partial charge < -0.3 is 63.9 Å². The fourth-order valence-corrected chi connectivity index (χ4v) is 16.1. The fourth-order valence-electron chi connectivity index (χ4n) is 12.0. The predicted octanol–water partition coefficient (Wildman–Crippen LogP) is 8.15. The van der Waals surface area contributed by atoms with E-state index < -0.39 is 98.6 Å². The number of hydrogen-bond acceptors (Lipinski definition) is 23. The van der Waals surface area contributed by atoms with Crippen molar-refractivity contribution in [2.45, 2.75) is 139 Å². The van der Waals surface area contributed by atoms with Gasteiger partial charge in [-0.05, 0) is 75.1 Å². The maximum absolute atomic E-state index is 13.5. The number of benzene rings is 3. The number of Topliss-reactive ketones (excluding diaryl/α,β-unsaturated/α-hetero) is 2. The number of sulfonamides is 1. The van der Waals surface area contributed by atoms with Gasteiger partial charge in [-0.2, -0.15) is 26.6 Å². The van der Waals surface area contributed by atoms with Gasteiger partial charge in [-0.25, -0.2) is 32.0 Å². The lowest BCUT2D eigenvalue weighted by Crippen LogP contribution is -2.33. The van der Waals surface area contributed by atoms with E-state index in [0.29, 0.717) is 56.5 Å². The molecule has 4 heterocycles. The molecule has 0 saturated carbocycles. The van der Waals surface area contributed by atoms with Gasteiger partial charge in [-0.3, -0.25) is 28.0 Å². The van der Waals surface area contributed by atoms with Crippen molar-refractivity contribution in [3.05, 3.63) is 167 Å². The quantitative estimate of drug-likeness (QED) is 0.00238. The highest BCUT2D eigenvalue weighted by Gasteiger charge is 2.46. The molecule has 3 aromatic carbocycles. The number of nitrogens with one attached hydrogen (secondary N) is 1.